The summed E-state index contributed by atoms with van der Waals surface area (Å²) in [7, 11) is 0. The zero-order valence-electron chi connectivity index (χ0n) is 11.4. The van der Waals surface area contributed by atoms with E-state index in [9.17, 15) is 4.79 Å². The first-order valence-electron chi connectivity index (χ1n) is 6.45. The van der Waals surface area contributed by atoms with E-state index in [2.05, 4.69) is 18.7 Å². The molecule has 1 unspecified atom stereocenters. The molecule has 4 heteroatoms. The summed E-state index contributed by atoms with van der Waals surface area (Å²) in [5.74, 6) is -0.00237. The zero-order valence-corrected chi connectivity index (χ0v) is 12.3. The van der Waals surface area contributed by atoms with Crippen LogP contribution in [-0.4, -0.2) is 28.6 Å². The van der Waals surface area contributed by atoms with Crippen LogP contribution >= 0.6 is 12.6 Å². The topological polar surface area (TPSA) is 44.1 Å². The van der Waals surface area contributed by atoms with Gasteiger partial charge in [0.05, 0.1) is 17.7 Å². The number of thiol groups is 1. The molecule has 0 saturated carbocycles. The Hall–Kier alpha value is -1.47. The van der Waals surface area contributed by atoms with E-state index >= 15 is 0 Å². The standard InChI is InChI=1S/C15H20N2OS/c1-12(2)17(10-6-9-16)15(18)14(19)11-13-7-4-3-5-8-13/h3-5,7-8,12,14,19H,6,10-11H2,1-2H3. The van der Waals surface area contributed by atoms with Crippen LogP contribution in [0.15, 0.2) is 30.3 Å². The van der Waals surface area contributed by atoms with Gasteiger partial charge in [-0.05, 0) is 25.8 Å². The molecule has 1 rings (SSSR count). The van der Waals surface area contributed by atoms with Gasteiger partial charge in [0, 0.05) is 12.6 Å². The van der Waals surface area contributed by atoms with Crippen LogP contribution in [0, 0.1) is 11.3 Å². The number of hydrogen-bond donors (Lipinski definition) is 1. The van der Waals surface area contributed by atoms with Crippen LogP contribution in [0.5, 0.6) is 0 Å². The average molecular weight is 276 g/mol. The minimum Gasteiger partial charge on any atom is -0.338 e. The van der Waals surface area contributed by atoms with E-state index in [1.54, 1.807) is 4.90 Å². The summed E-state index contributed by atoms with van der Waals surface area (Å²) in [4.78, 5) is 14.1. The Balaban J connectivity index is 2.66. The van der Waals surface area contributed by atoms with Crippen LogP contribution in [0.1, 0.15) is 25.8 Å². The van der Waals surface area contributed by atoms with Crippen molar-refractivity contribution in [3.8, 4) is 6.07 Å². The van der Waals surface area contributed by atoms with Gasteiger partial charge in [0.25, 0.3) is 0 Å². The molecule has 19 heavy (non-hydrogen) atoms. The van der Waals surface area contributed by atoms with Gasteiger partial charge < -0.3 is 4.90 Å². The van der Waals surface area contributed by atoms with Gasteiger partial charge in [-0.1, -0.05) is 30.3 Å². The van der Waals surface area contributed by atoms with Crippen LogP contribution in [-0.2, 0) is 11.2 Å². The first-order valence-corrected chi connectivity index (χ1v) is 6.97. The second kappa shape index (κ2) is 7.85. The van der Waals surface area contributed by atoms with Crippen molar-refractivity contribution in [2.75, 3.05) is 6.54 Å². The largest absolute Gasteiger partial charge is 0.338 e. The van der Waals surface area contributed by atoms with Crippen molar-refractivity contribution < 1.29 is 4.79 Å². The molecule has 1 atom stereocenters. The smallest absolute Gasteiger partial charge is 0.236 e. The number of nitriles is 1. The van der Waals surface area contributed by atoms with Gasteiger partial charge in [-0.15, -0.1) is 0 Å². The molecule has 0 heterocycles. The van der Waals surface area contributed by atoms with E-state index in [4.69, 9.17) is 5.26 Å². The molecule has 0 N–H and O–H groups in total. The van der Waals surface area contributed by atoms with Crippen molar-refractivity contribution in [3.63, 3.8) is 0 Å². The van der Waals surface area contributed by atoms with Gasteiger partial charge in [-0.2, -0.15) is 17.9 Å². The highest BCUT2D eigenvalue weighted by molar-refractivity contribution is 7.81. The van der Waals surface area contributed by atoms with Gasteiger partial charge in [-0.3, -0.25) is 4.79 Å². The third kappa shape index (κ3) is 4.96. The van der Waals surface area contributed by atoms with E-state index in [-0.39, 0.29) is 17.2 Å². The number of hydrogen-bond acceptors (Lipinski definition) is 3. The van der Waals surface area contributed by atoms with Gasteiger partial charge in [0.1, 0.15) is 0 Å². The molecule has 0 aliphatic rings. The van der Waals surface area contributed by atoms with E-state index in [1.165, 1.54) is 0 Å². The van der Waals surface area contributed by atoms with Crippen LogP contribution in [0.3, 0.4) is 0 Å². The van der Waals surface area contributed by atoms with Crippen molar-refractivity contribution in [1.82, 2.24) is 4.90 Å². The first kappa shape index (κ1) is 15.6. The Kier molecular flexibility index (Phi) is 6.44. The first-order chi connectivity index (χ1) is 9.06. The van der Waals surface area contributed by atoms with Crippen molar-refractivity contribution in [2.24, 2.45) is 0 Å². The number of benzene rings is 1. The lowest BCUT2D eigenvalue weighted by molar-refractivity contribution is -0.132. The fraction of sp³-hybridized carbons (Fsp3) is 0.467. The molecule has 0 fully saturated rings. The maximum Gasteiger partial charge on any atom is 0.236 e. The van der Waals surface area contributed by atoms with Gasteiger partial charge >= 0.3 is 0 Å². The number of amides is 1. The SMILES string of the molecule is CC(C)N(CCC#N)C(=O)C(S)Cc1ccccc1. The molecule has 0 bridgehead atoms. The molecule has 1 amide bonds. The summed E-state index contributed by atoms with van der Waals surface area (Å²) < 4.78 is 0. The van der Waals surface area contributed by atoms with Crippen LogP contribution in [0.2, 0.25) is 0 Å². The van der Waals surface area contributed by atoms with Gasteiger partial charge in [0.2, 0.25) is 5.91 Å². The van der Waals surface area contributed by atoms with Crippen molar-refractivity contribution in [1.29, 1.82) is 5.26 Å². The van der Waals surface area contributed by atoms with Crippen molar-refractivity contribution in [2.45, 2.75) is 38.0 Å². The van der Waals surface area contributed by atoms with E-state index in [0.29, 0.717) is 19.4 Å². The van der Waals surface area contributed by atoms with Crippen molar-refractivity contribution in [3.05, 3.63) is 35.9 Å². The summed E-state index contributed by atoms with van der Waals surface area (Å²) in [6.07, 6.45) is 0.967. The monoisotopic (exact) mass is 276 g/mol. The number of rotatable bonds is 6. The minimum absolute atomic E-state index is 0.00237. The number of carbonyl (C=O) groups excluding carboxylic acids is 1. The quantitative estimate of drug-likeness (QED) is 0.812. The normalized spacial score (nSPS) is 11.9. The van der Waals surface area contributed by atoms with Gasteiger partial charge in [-0.25, -0.2) is 0 Å². The second-order valence-corrected chi connectivity index (χ2v) is 5.36. The Bertz CT molecular complexity index is 439. The number of nitrogens with zero attached hydrogens (tertiary/aromatic N) is 2. The molecule has 102 valence electrons. The predicted molar refractivity (Wildman–Crippen MR) is 80.0 cm³/mol. The molecular formula is C15H20N2OS. The molecule has 0 aromatic heterocycles. The summed E-state index contributed by atoms with van der Waals surface area (Å²) in [5, 5.41) is 8.29. The molecule has 0 aliphatic heterocycles. The van der Waals surface area contributed by atoms with E-state index in [0.717, 1.165) is 5.56 Å². The highest BCUT2D eigenvalue weighted by Gasteiger charge is 2.23. The summed E-state index contributed by atoms with van der Waals surface area (Å²) in [6, 6.07) is 12.0. The van der Waals surface area contributed by atoms with Crippen LogP contribution in [0.25, 0.3) is 0 Å². The third-order valence-corrected chi connectivity index (χ3v) is 3.33. The second-order valence-electron chi connectivity index (χ2n) is 4.74. The van der Waals surface area contributed by atoms with E-state index in [1.807, 2.05) is 44.2 Å². The van der Waals surface area contributed by atoms with Crippen molar-refractivity contribution >= 4 is 18.5 Å². The molecule has 3 nitrogen and oxygen atoms in total. The summed E-state index contributed by atoms with van der Waals surface area (Å²) >= 11 is 4.42. The summed E-state index contributed by atoms with van der Waals surface area (Å²) in [6.45, 7) is 4.38. The fourth-order valence-electron chi connectivity index (χ4n) is 1.91. The fourth-order valence-corrected chi connectivity index (χ4v) is 2.27. The lowest BCUT2D eigenvalue weighted by atomic mass is 10.1. The highest BCUT2D eigenvalue weighted by Crippen LogP contribution is 2.13. The zero-order chi connectivity index (χ0) is 14.3. The molecule has 0 aliphatic carbocycles. The maximum absolute atomic E-state index is 12.3. The Morgan fingerprint density at radius 1 is 1.37 bits per heavy atom. The third-order valence-electron chi connectivity index (χ3n) is 2.93. The van der Waals surface area contributed by atoms with Crippen LogP contribution in [0.4, 0.5) is 0 Å². The molecular weight excluding hydrogens is 256 g/mol. The Morgan fingerprint density at radius 2 is 2.00 bits per heavy atom. The van der Waals surface area contributed by atoms with E-state index < -0.39 is 0 Å². The maximum atomic E-state index is 12.3. The van der Waals surface area contributed by atoms with Crippen LogP contribution < -0.4 is 0 Å². The lowest BCUT2D eigenvalue weighted by Crippen LogP contribution is -2.42. The lowest BCUT2D eigenvalue weighted by Gasteiger charge is -2.28. The average Bonchev–Trinajstić information content (AvgIpc) is 2.39. The van der Waals surface area contributed by atoms with Gasteiger partial charge in [0.15, 0.2) is 0 Å². The number of carbonyl (C=O) groups is 1. The Labute approximate surface area is 120 Å². The summed E-state index contributed by atoms with van der Waals surface area (Å²) in [5.41, 5.74) is 1.10. The minimum atomic E-state index is -0.358. The predicted octanol–water partition coefficient (Wildman–Crippen LogP) is 2.68. The Morgan fingerprint density at radius 3 is 2.53 bits per heavy atom. The molecule has 0 saturated heterocycles. The molecule has 0 radical (unpaired) electrons. The molecule has 1 aromatic carbocycles. The molecule has 1 aromatic rings. The molecule has 0 spiro atoms. The highest BCUT2D eigenvalue weighted by atomic mass is 32.1.